The minimum Gasteiger partial charge on any atom is -0.487 e. The van der Waals surface area contributed by atoms with Crippen LogP contribution < -0.4 is 10.1 Å². The molecule has 5 nitrogen and oxygen atoms in total. The molecule has 0 saturated carbocycles. The van der Waals surface area contributed by atoms with E-state index < -0.39 is 10.7 Å². The van der Waals surface area contributed by atoms with Gasteiger partial charge in [-0.2, -0.15) is 0 Å². The second kappa shape index (κ2) is 4.77. The van der Waals surface area contributed by atoms with Crippen molar-refractivity contribution in [3.05, 3.63) is 34.1 Å². The first-order chi connectivity index (χ1) is 9.11. The molecule has 19 heavy (non-hydrogen) atoms. The Bertz CT molecular complexity index is 497. The molecule has 3 atom stereocenters. The molecule has 2 bridgehead atoms. The fourth-order valence-corrected chi connectivity index (χ4v) is 2.98. The van der Waals surface area contributed by atoms with E-state index in [-0.39, 0.29) is 17.5 Å². The summed E-state index contributed by atoms with van der Waals surface area (Å²) in [5, 5.41) is 14.0. The lowest BCUT2D eigenvalue weighted by Crippen LogP contribution is -2.42. The Balaban J connectivity index is 1.71. The van der Waals surface area contributed by atoms with Gasteiger partial charge < -0.3 is 10.1 Å². The number of hydrogen-bond donors (Lipinski definition) is 1. The maximum atomic E-state index is 13.7. The predicted octanol–water partition coefficient (Wildman–Crippen LogP) is 2.40. The average Bonchev–Trinajstić information content (AvgIpc) is 2.71. The molecule has 102 valence electrons. The van der Waals surface area contributed by atoms with Crippen molar-refractivity contribution in [3.8, 4) is 5.75 Å². The van der Waals surface area contributed by atoms with Gasteiger partial charge in [-0.15, -0.1) is 0 Å². The number of non-ortho nitro benzene ring substituents is 1. The molecular weight excluding hydrogens is 251 g/mol. The molecule has 0 aliphatic carbocycles. The van der Waals surface area contributed by atoms with E-state index in [9.17, 15) is 14.5 Å². The van der Waals surface area contributed by atoms with Crippen molar-refractivity contribution in [3.63, 3.8) is 0 Å². The molecule has 2 fully saturated rings. The predicted molar refractivity (Wildman–Crippen MR) is 66.7 cm³/mol. The number of ether oxygens (including phenoxy) is 1. The smallest absolute Gasteiger partial charge is 0.272 e. The quantitative estimate of drug-likeness (QED) is 0.674. The van der Waals surface area contributed by atoms with Crippen LogP contribution in [-0.2, 0) is 0 Å². The van der Waals surface area contributed by atoms with E-state index in [4.69, 9.17) is 4.74 Å². The topological polar surface area (TPSA) is 64.4 Å². The minimum atomic E-state index is -0.667. The molecule has 6 heteroatoms. The van der Waals surface area contributed by atoms with Crippen LogP contribution in [0.5, 0.6) is 5.75 Å². The van der Waals surface area contributed by atoms with Crippen molar-refractivity contribution in [2.24, 2.45) is 0 Å². The van der Waals surface area contributed by atoms with Gasteiger partial charge in [0.1, 0.15) is 6.10 Å². The number of nitrogens with one attached hydrogen (secondary N) is 1. The van der Waals surface area contributed by atoms with Gasteiger partial charge in [0.2, 0.25) is 0 Å². The van der Waals surface area contributed by atoms with Gasteiger partial charge in [0, 0.05) is 18.2 Å². The van der Waals surface area contributed by atoms with E-state index >= 15 is 0 Å². The SMILES string of the molecule is O=[N+]([O-])c1ccc(O[C@H]2C[C@H]3CC[C@@H](C2)N3)c(F)c1. The van der Waals surface area contributed by atoms with E-state index in [1.165, 1.54) is 12.1 Å². The number of halogens is 1. The van der Waals surface area contributed by atoms with E-state index in [2.05, 4.69) is 5.32 Å². The molecule has 2 saturated heterocycles. The summed E-state index contributed by atoms with van der Waals surface area (Å²) < 4.78 is 19.4. The van der Waals surface area contributed by atoms with Crippen molar-refractivity contribution in [1.29, 1.82) is 0 Å². The maximum Gasteiger partial charge on any atom is 0.272 e. The number of hydrogen-bond acceptors (Lipinski definition) is 4. The minimum absolute atomic E-state index is 0.00490. The van der Waals surface area contributed by atoms with Gasteiger partial charge in [0.25, 0.3) is 5.69 Å². The highest BCUT2D eigenvalue weighted by Crippen LogP contribution is 2.31. The third kappa shape index (κ3) is 2.53. The summed E-state index contributed by atoms with van der Waals surface area (Å²) in [5.41, 5.74) is -0.254. The van der Waals surface area contributed by atoms with Crippen LogP contribution >= 0.6 is 0 Å². The van der Waals surface area contributed by atoms with Crippen molar-refractivity contribution in [2.75, 3.05) is 0 Å². The normalized spacial score (nSPS) is 29.2. The molecular formula is C13H15FN2O3. The van der Waals surface area contributed by atoms with E-state index in [0.717, 1.165) is 31.7 Å². The second-order valence-electron chi connectivity index (χ2n) is 5.22. The van der Waals surface area contributed by atoms with Crippen LogP contribution in [0.3, 0.4) is 0 Å². The molecule has 1 aromatic rings. The van der Waals surface area contributed by atoms with Crippen LogP contribution in [0, 0.1) is 15.9 Å². The molecule has 2 aliphatic heterocycles. The molecule has 0 unspecified atom stereocenters. The standard InChI is InChI=1S/C13H15FN2O3/c14-12-7-10(16(17)18)3-4-13(12)19-11-5-8-1-2-9(6-11)15-8/h3-4,7-9,11,15H,1-2,5-6H2/t8-,9+,11+. The first-order valence-electron chi connectivity index (χ1n) is 6.48. The highest BCUT2D eigenvalue weighted by molar-refractivity contribution is 5.37. The fraction of sp³-hybridized carbons (Fsp3) is 0.538. The molecule has 1 aromatic carbocycles. The lowest BCUT2D eigenvalue weighted by molar-refractivity contribution is -0.385. The molecule has 0 radical (unpaired) electrons. The van der Waals surface area contributed by atoms with Gasteiger partial charge in [0.05, 0.1) is 11.0 Å². The number of nitro benzene ring substituents is 1. The summed E-state index contributed by atoms with van der Waals surface area (Å²) in [5.74, 6) is -0.558. The number of rotatable bonds is 3. The molecule has 0 spiro atoms. The first kappa shape index (κ1) is 12.3. The van der Waals surface area contributed by atoms with Crippen LogP contribution in [0.4, 0.5) is 10.1 Å². The van der Waals surface area contributed by atoms with Gasteiger partial charge in [0.15, 0.2) is 11.6 Å². The molecule has 2 aliphatic rings. The van der Waals surface area contributed by atoms with Crippen LogP contribution in [-0.4, -0.2) is 23.1 Å². The van der Waals surface area contributed by atoms with Crippen LogP contribution in [0.25, 0.3) is 0 Å². The third-order valence-corrected chi connectivity index (χ3v) is 3.85. The van der Waals surface area contributed by atoms with E-state index in [1.807, 2.05) is 0 Å². The Hall–Kier alpha value is -1.69. The second-order valence-corrected chi connectivity index (χ2v) is 5.22. The lowest BCUT2D eigenvalue weighted by Gasteiger charge is -2.29. The van der Waals surface area contributed by atoms with Crippen molar-refractivity contribution in [1.82, 2.24) is 5.32 Å². The molecule has 2 heterocycles. The highest BCUT2D eigenvalue weighted by Gasteiger charge is 2.34. The summed E-state index contributed by atoms with van der Waals surface area (Å²) in [7, 11) is 0. The average molecular weight is 266 g/mol. The monoisotopic (exact) mass is 266 g/mol. The number of nitro groups is 1. The summed E-state index contributed by atoms with van der Waals surface area (Å²) in [6, 6.07) is 4.45. The molecule has 0 aromatic heterocycles. The summed E-state index contributed by atoms with van der Waals surface area (Å²) in [4.78, 5) is 9.93. The Labute approximate surface area is 109 Å². The van der Waals surface area contributed by atoms with Crippen LogP contribution in [0.1, 0.15) is 25.7 Å². The highest BCUT2D eigenvalue weighted by atomic mass is 19.1. The van der Waals surface area contributed by atoms with Gasteiger partial charge >= 0.3 is 0 Å². The Morgan fingerprint density at radius 2 is 2.00 bits per heavy atom. The molecule has 3 rings (SSSR count). The van der Waals surface area contributed by atoms with Crippen LogP contribution in [0.15, 0.2) is 18.2 Å². The number of nitrogens with zero attached hydrogens (tertiary/aromatic N) is 1. The zero-order valence-electron chi connectivity index (χ0n) is 10.3. The zero-order valence-corrected chi connectivity index (χ0v) is 10.3. The zero-order chi connectivity index (χ0) is 13.4. The van der Waals surface area contributed by atoms with Crippen molar-refractivity contribution < 1.29 is 14.1 Å². The van der Waals surface area contributed by atoms with E-state index in [1.54, 1.807) is 0 Å². The maximum absolute atomic E-state index is 13.7. The van der Waals surface area contributed by atoms with Crippen LogP contribution in [0.2, 0.25) is 0 Å². The van der Waals surface area contributed by atoms with Gasteiger partial charge in [-0.3, -0.25) is 10.1 Å². The summed E-state index contributed by atoms with van der Waals surface area (Å²) >= 11 is 0. The summed E-state index contributed by atoms with van der Waals surface area (Å²) in [6.45, 7) is 0. The lowest BCUT2D eigenvalue weighted by atomic mass is 10.0. The van der Waals surface area contributed by atoms with E-state index in [0.29, 0.717) is 12.1 Å². The van der Waals surface area contributed by atoms with Crippen molar-refractivity contribution in [2.45, 2.75) is 43.9 Å². The van der Waals surface area contributed by atoms with Gasteiger partial charge in [-0.25, -0.2) is 4.39 Å². The Morgan fingerprint density at radius 3 is 2.58 bits per heavy atom. The van der Waals surface area contributed by atoms with Gasteiger partial charge in [-0.05, 0) is 31.7 Å². The number of benzene rings is 1. The molecule has 1 N–H and O–H groups in total. The summed E-state index contributed by atoms with van der Waals surface area (Å²) in [6.07, 6.45) is 4.02. The Morgan fingerprint density at radius 1 is 1.32 bits per heavy atom. The van der Waals surface area contributed by atoms with Gasteiger partial charge in [-0.1, -0.05) is 0 Å². The first-order valence-corrected chi connectivity index (χ1v) is 6.48. The third-order valence-electron chi connectivity index (χ3n) is 3.85. The number of piperidine rings is 1. The number of fused-ring (bicyclic) bond motifs is 2. The molecule has 0 amide bonds. The fourth-order valence-electron chi connectivity index (χ4n) is 2.98. The Kier molecular flexibility index (Phi) is 3.10. The van der Waals surface area contributed by atoms with Crippen molar-refractivity contribution >= 4 is 5.69 Å². The largest absolute Gasteiger partial charge is 0.487 e.